The minimum Gasteiger partial charge on any atom is -0.374 e. The first-order valence-electron chi connectivity index (χ1n) is 5.83. The van der Waals surface area contributed by atoms with Crippen molar-refractivity contribution in [3.63, 3.8) is 0 Å². The lowest BCUT2D eigenvalue weighted by molar-refractivity contribution is 0.0999. The summed E-state index contributed by atoms with van der Waals surface area (Å²) in [6.45, 7) is 0. The maximum Gasteiger partial charge on any atom is 0.256 e. The number of nitrogens with zero attached hydrogens (tertiary/aromatic N) is 1. The van der Waals surface area contributed by atoms with Gasteiger partial charge in [0.1, 0.15) is 11.4 Å². The first-order chi connectivity index (χ1) is 9.06. The van der Waals surface area contributed by atoms with Crippen LogP contribution < -0.4 is 16.5 Å². The maximum atomic E-state index is 12.0. The number of carbonyl (C=O) groups is 1. The second kappa shape index (κ2) is 4.97. The van der Waals surface area contributed by atoms with Crippen molar-refractivity contribution in [2.24, 2.45) is 12.8 Å². The van der Waals surface area contributed by atoms with Gasteiger partial charge in [0.15, 0.2) is 5.43 Å². The smallest absolute Gasteiger partial charge is 0.256 e. The number of primary amides is 1. The predicted molar refractivity (Wildman–Crippen MR) is 75.2 cm³/mol. The number of pyridine rings is 1. The van der Waals surface area contributed by atoms with Gasteiger partial charge in [-0.15, -0.1) is 0 Å². The quantitative estimate of drug-likeness (QED) is 0.867. The molecule has 19 heavy (non-hydrogen) atoms. The summed E-state index contributed by atoms with van der Waals surface area (Å²) in [6.07, 6.45) is 0. The molecule has 0 atom stereocenters. The summed E-state index contributed by atoms with van der Waals surface area (Å²) in [5, 5.41) is 2.86. The fraction of sp³-hybridized carbons (Fsp3) is 0.143. The van der Waals surface area contributed by atoms with E-state index in [1.807, 2.05) is 30.3 Å². The van der Waals surface area contributed by atoms with E-state index in [0.717, 1.165) is 11.3 Å². The van der Waals surface area contributed by atoms with Crippen molar-refractivity contribution in [1.29, 1.82) is 0 Å². The van der Waals surface area contributed by atoms with Crippen LogP contribution in [-0.2, 0) is 7.05 Å². The van der Waals surface area contributed by atoms with Gasteiger partial charge in [0.2, 0.25) is 0 Å². The fourth-order valence-electron chi connectivity index (χ4n) is 2.11. The van der Waals surface area contributed by atoms with Crippen LogP contribution in [-0.4, -0.2) is 17.5 Å². The number of hydrogen-bond donors (Lipinski definition) is 2. The number of aromatic nitrogens is 1. The van der Waals surface area contributed by atoms with Crippen molar-refractivity contribution in [3.8, 4) is 11.3 Å². The van der Waals surface area contributed by atoms with Crippen molar-refractivity contribution in [3.05, 3.63) is 52.2 Å². The number of carbonyl (C=O) groups excluding carboxylic acids is 1. The van der Waals surface area contributed by atoms with E-state index >= 15 is 0 Å². The molecule has 0 bridgehead atoms. The van der Waals surface area contributed by atoms with Crippen LogP contribution in [0.15, 0.2) is 41.2 Å². The Hall–Kier alpha value is -2.56. The molecule has 0 unspecified atom stereocenters. The molecular formula is C14H15N3O2. The Bertz CT molecular complexity index is 675. The van der Waals surface area contributed by atoms with Gasteiger partial charge in [0.05, 0.1) is 5.69 Å². The molecule has 0 aliphatic rings. The highest BCUT2D eigenvalue weighted by Crippen LogP contribution is 2.22. The lowest BCUT2D eigenvalue weighted by Gasteiger charge is -2.16. The molecule has 0 aliphatic carbocycles. The predicted octanol–water partition coefficient (Wildman–Crippen LogP) is 1.19. The number of benzene rings is 1. The molecule has 0 fully saturated rings. The lowest BCUT2D eigenvalue weighted by Crippen LogP contribution is -2.26. The average molecular weight is 257 g/mol. The number of anilines is 1. The number of hydrogen-bond acceptors (Lipinski definition) is 3. The third kappa shape index (κ3) is 2.22. The van der Waals surface area contributed by atoms with Crippen LogP contribution in [0.25, 0.3) is 11.3 Å². The van der Waals surface area contributed by atoms with Gasteiger partial charge in [-0.3, -0.25) is 9.59 Å². The van der Waals surface area contributed by atoms with Gasteiger partial charge in [-0.2, -0.15) is 0 Å². The summed E-state index contributed by atoms with van der Waals surface area (Å²) in [5.41, 5.74) is 6.47. The molecule has 1 aromatic carbocycles. The van der Waals surface area contributed by atoms with Gasteiger partial charge in [-0.1, -0.05) is 30.3 Å². The minimum absolute atomic E-state index is 0.0234. The van der Waals surface area contributed by atoms with Gasteiger partial charge in [0.25, 0.3) is 5.91 Å². The number of rotatable bonds is 3. The highest BCUT2D eigenvalue weighted by Gasteiger charge is 2.17. The van der Waals surface area contributed by atoms with Crippen LogP contribution in [0.4, 0.5) is 5.82 Å². The Labute approximate surface area is 110 Å². The van der Waals surface area contributed by atoms with Crippen LogP contribution in [0.2, 0.25) is 0 Å². The third-order valence-electron chi connectivity index (χ3n) is 3.00. The van der Waals surface area contributed by atoms with Crippen molar-refractivity contribution in [1.82, 2.24) is 4.57 Å². The molecular weight excluding hydrogens is 242 g/mol. The molecule has 1 aromatic heterocycles. The molecule has 98 valence electrons. The molecule has 2 rings (SSSR count). The number of nitrogens with one attached hydrogen (secondary N) is 1. The van der Waals surface area contributed by atoms with Crippen LogP contribution in [0.3, 0.4) is 0 Å². The van der Waals surface area contributed by atoms with E-state index in [1.165, 1.54) is 6.07 Å². The number of amides is 1. The van der Waals surface area contributed by atoms with Gasteiger partial charge in [-0.25, -0.2) is 0 Å². The molecule has 1 amide bonds. The standard InChI is InChI=1S/C14H15N3O2/c1-16-14-12(13(15)19)11(18)8-10(17(14)2)9-6-4-3-5-7-9/h3-8,16H,1-2H3,(H2,15,19). The topological polar surface area (TPSA) is 77.1 Å². The van der Waals surface area contributed by atoms with Crippen molar-refractivity contribution >= 4 is 11.7 Å². The molecule has 5 nitrogen and oxygen atoms in total. The molecule has 0 aliphatic heterocycles. The second-order valence-corrected chi connectivity index (χ2v) is 4.16. The Kier molecular flexibility index (Phi) is 3.37. The zero-order valence-corrected chi connectivity index (χ0v) is 10.8. The molecule has 1 heterocycles. The molecule has 0 saturated heterocycles. The van der Waals surface area contributed by atoms with Crippen LogP contribution in [0, 0.1) is 0 Å². The summed E-state index contributed by atoms with van der Waals surface area (Å²) < 4.78 is 1.75. The monoisotopic (exact) mass is 257 g/mol. The van der Waals surface area contributed by atoms with E-state index in [1.54, 1.807) is 18.7 Å². The highest BCUT2D eigenvalue weighted by atomic mass is 16.2. The third-order valence-corrected chi connectivity index (χ3v) is 3.00. The Morgan fingerprint density at radius 1 is 1.26 bits per heavy atom. The van der Waals surface area contributed by atoms with Gasteiger partial charge in [0, 0.05) is 20.2 Å². The summed E-state index contributed by atoms with van der Waals surface area (Å²) in [6, 6.07) is 10.9. The summed E-state index contributed by atoms with van der Waals surface area (Å²) in [7, 11) is 3.43. The van der Waals surface area contributed by atoms with Crippen LogP contribution in [0.5, 0.6) is 0 Å². The van der Waals surface area contributed by atoms with Gasteiger partial charge in [-0.05, 0) is 5.56 Å². The number of nitrogens with two attached hydrogens (primary N) is 1. The summed E-state index contributed by atoms with van der Waals surface area (Å²) >= 11 is 0. The fourth-order valence-corrected chi connectivity index (χ4v) is 2.11. The lowest BCUT2D eigenvalue weighted by atomic mass is 10.1. The molecule has 0 saturated carbocycles. The van der Waals surface area contributed by atoms with Crippen molar-refractivity contribution in [2.75, 3.05) is 12.4 Å². The zero-order valence-electron chi connectivity index (χ0n) is 10.8. The summed E-state index contributed by atoms with van der Waals surface area (Å²) in [4.78, 5) is 23.4. The van der Waals surface area contributed by atoms with E-state index in [0.29, 0.717) is 5.82 Å². The molecule has 0 spiro atoms. The van der Waals surface area contributed by atoms with Crippen molar-refractivity contribution < 1.29 is 4.79 Å². The largest absolute Gasteiger partial charge is 0.374 e. The zero-order chi connectivity index (χ0) is 14.0. The van der Waals surface area contributed by atoms with E-state index in [2.05, 4.69) is 5.32 Å². The van der Waals surface area contributed by atoms with Crippen molar-refractivity contribution in [2.45, 2.75) is 0 Å². The molecule has 5 heteroatoms. The normalized spacial score (nSPS) is 10.2. The van der Waals surface area contributed by atoms with E-state index in [-0.39, 0.29) is 11.0 Å². The Morgan fingerprint density at radius 3 is 2.42 bits per heavy atom. The highest BCUT2D eigenvalue weighted by molar-refractivity contribution is 5.98. The van der Waals surface area contributed by atoms with E-state index < -0.39 is 5.91 Å². The Balaban J connectivity index is 2.77. The average Bonchev–Trinajstić information content (AvgIpc) is 2.41. The first-order valence-corrected chi connectivity index (χ1v) is 5.83. The molecule has 3 N–H and O–H groups in total. The Morgan fingerprint density at radius 2 is 1.89 bits per heavy atom. The van der Waals surface area contributed by atoms with Gasteiger partial charge >= 0.3 is 0 Å². The first kappa shape index (κ1) is 12.9. The molecule has 0 radical (unpaired) electrons. The SMILES string of the molecule is CNc1c(C(N)=O)c(=O)cc(-c2ccccc2)n1C. The van der Waals surface area contributed by atoms with E-state index in [4.69, 9.17) is 5.73 Å². The van der Waals surface area contributed by atoms with E-state index in [9.17, 15) is 9.59 Å². The minimum atomic E-state index is -0.732. The second-order valence-electron chi connectivity index (χ2n) is 4.16. The maximum absolute atomic E-state index is 12.0. The molecule has 2 aromatic rings. The van der Waals surface area contributed by atoms with Gasteiger partial charge < -0.3 is 15.6 Å². The van der Waals surface area contributed by atoms with Crippen LogP contribution in [0.1, 0.15) is 10.4 Å². The summed E-state index contributed by atoms with van der Waals surface area (Å²) in [5.74, 6) is -0.316. The van der Waals surface area contributed by atoms with Crippen LogP contribution >= 0.6 is 0 Å².